The molecule has 1 heterocycles. The van der Waals surface area contributed by atoms with E-state index in [1.165, 1.54) is 11.4 Å². The van der Waals surface area contributed by atoms with E-state index in [-0.39, 0.29) is 4.90 Å². The summed E-state index contributed by atoms with van der Waals surface area (Å²) in [6, 6.07) is 23.5. The Bertz CT molecular complexity index is 1260. The molecular weight excluding hydrogens is 496 g/mol. The van der Waals surface area contributed by atoms with Crippen LogP contribution in [-0.2, 0) is 16.6 Å². The standard InChI is InChI=1S/C23H19BrN2O3S2/c1-26(31(27,28)22-13-7-18(24)8-14-22)20-9-11-21(12-10-20)29-15-19-16-30-23(25-19)17-5-3-2-4-6-17/h2-14,16H,15H2,1H3. The van der Waals surface area contributed by atoms with Gasteiger partial charge in [-0.2, -0.15) is 0 Å². The first-order chi connectivity index (χ1) is 14.9. The Morgan fingerprint density at radius 2 is 1.65 bits per heavy atom. The number of hydrogen-bond donors (Lipinski definition) is 0. The molecule has 0 radical (unpaired) electrons. The summed E-state index contributed by atoms with van der Waals surface area (Å²) in [6.07, 6.45) is 0. The molecule has 0 saturated carbocycles. The highest BCUT2D eigenvalue weighted by Crippen LogP contribution is 2.27. The smallest absolute Gasteiger partial charge is 0.264 e. The van der Waals surface area contributed by atoms with Gasteiger partial charge in [0.1, 0.15) is 17.4 Å². The summed E-state index contributed by atoms with van der Waals surface area (Å²) in [6.45, 7) is 0.343. The second-order valence-corrected chi connectivity index (χ2v) is 10.5. The van der Waals surface area contributed by atoms with E-state index in [0.717, 1.165) is 20.7 Å². The first kappa shape index (κ1) is 21.5. The van der Waals surface area contributed by atoms with Crippen molar-refractivity contribution in [3.05, 3.63) is 94.4 Å². The van der Waals surface area contributed by atoms with Crippen molar-refractivity contribution in [3.63, 3.8) is 0 Å². The Labute approximate surface area is 194 Å². The van der Waals surface area contributed by atoms with Crippen LogP contribution in [0, 0.1) is 0 Å². The zero-order valence-electron chi connectivity index (χ0n) is 16.6. The number of rotatable bonds is 7. The number of aromatic nitrogens is 1. The fourth-order valence-corrected chi connectivity index (χ4v) is 5.17. The third-order valence-electron chi connectivity index (χ3n) is 4.63. The van der Waals surface area contributed by atoms with Crippen LogP contribution >= 0.6 is 27.3 Å². The van der Waals surface area contributed by atoms with Crippen LogP contribution < -0.4 is 9.04 Å². The molecule has 3 aromatic carbocycles. The number of benzene rings is 3. The number of anilines is 1. The van der Waals surface area contributed by atoms with E-state index in [9.17, 15) is 8.42 Å². The van der Waals surface area contributed by atoms with Gasteiger partial charge in [0.15, 0.2) is 0 Å². The third kappa shape index (κ3) is 4.98. The Morgan fingerprint density at radius 3 is 2.32 bits per heavy atom. The zero-order valence-corrected chi connectivity index (χ0v) is 19.8. The van der Waals surface area contributed by atoms with E-state index in [4.69, 9.17) is 4.74 Å². The summed E-state index contributed by atoms with van der Waals surface area (Å²) in [4.78, 5) is 4.85. The lowest BCUT2D eigenvalue weighted by molar-refractivity contribution is 0.302. The first-order valence-electron chi connectivity index (χ1n) is 9.41. The van der Waals surface area contributed by atoms with Gasteiger partial charge in [0.05, 0.1) is 16.3 Å². The van der Waals surface area contributed by atoms with Gasteiger partial charge >= 0.3 is 0 Å². The highest BCUT2D eigenvalue weighted by atomic mass is 79.9. The van der Waals surface area contributed by atoms with E-state index in [1.807, 2.05) is 35.7 Å². The Morgan fingerprint density at radius 1 is 0.968 bits per heavy atom. The fraction of sp³-hybridized carbons (Fsp3) is 0.0870. The highest BCUT2D eigenvalue weighted by Gasteiger charge is 2.21. The largest absolute Gasteiger partial charge is 0.487 e. The second kappa shape index (κ2) is 9.21. The van der Waals surface area contributed by atoms with Crippen molar-refractivity contribution in [2.75, 3.05) is 11.4 Å². The maximum atomic E-state index is 12.8. The molecule has 4 aromatic rings. The number of ether oxygens (including phenoxy) is 1. The third-order valence-corrected chi connectivity index (χ3v) is 7.90. The first-order valence-corrected chi connectivity index (χ1v) is 12.5. The number of sulfonamides is 1. The van der Waals surface area contributed by atoms with Gasteiger partial charge in [0, 0.05) is 22.5 Å². The van der Waals surface area contributed by atoms with E-state index in [0.29, 0.717) is 18.0 Å². The van der Waals surface area contributed by atoms with Crippen molar-refractivity contribution in [3.8, 4) is 16.3 Å². The lowest BCUT2D eigenvalue weighted by atomic mass is 10.2. The average Bonchev–Trinajstić information content (AvgIpc) is 3.27. The molecular formula is C23H19BrN2O3S2. The van der Waals surface area contributed by atoms with E-state index < -0.39 is 10.0 Å². The molecule has 0 saturated heterocycles. The molecule has 0 bridgehead atoms. The van der Waals surface area contributed by atoms with Crippen LogP contribution in [0.2, 0.25) is 0 Å². The summed E-state index contributed by atoms with van der Waals surface area (Å²) in [5.74, 6) is 0.646. The van der Waals surface area contributed by atoms with Gasteiger partial charge in [-0.1, -0.05) is 46.3 Å². The van der Waals surface area contributed by atoms with Crippen molar-refractivity contribution in [2.45, 2.75) is 11.5 Å². The van der Waals surface area contributed by atoms with Crippen molar-refractivity contribution < 1.29 is 13.2 Å². The Balaban J connectivity index is 1.41. The molecule has 0 aliphatic carbocycles. The molecule has 31 heavy (non-hydrogen) atoms. The van der Waals surface area contributed by atoms with Gasteiger partial charge in [0.2, 0.25) is 0 Å². The zero-order chi connectivity index (χ0) is 21.8. The van der Waals surface area contributed by atoms with Gasteiger partial charge in [-0.15, -0.1) is 11.3 Å². The quantitative estimate of drug-likeness (QED) is 0.304. The SMILES string of the molecule is CN(c1ccc(OCc2csc(-c3ccccc3)n2)cc1)S(=O)(=O)c1ccc(Br)cc1. The topological polar surface area (TPSA) is 59.5 Å². The van der Waals surface area contributed by atoms with Crippen molar-refractivity contribution in [1.29, 1.82) is 0 Å². The summed E-state index contributed by atoms with van der Waals surface area (Å²) >= 11 is 4.90. The molecule has 0 N–H and O–H groups in total. The second-order valence-electron chi connectivity index (χ2n) is 6.72. The van der Waals surface area contributed by atoms with Gasteiger partial charge in [-0.3, -0.25) is 4.31 Å². The normalized spacial score (nSPS) is 11.3. The van der Waals surface area contributed by atoms with Crippen molar-refractivity contribution >= 4 is 43.0 Å². The molecule has 4 rings (SSSR count). The summed E-state index contributed by atoms with van der Waals surface area (Å²) in [7, 11) is -2.10. The van der Waals surface area contributed by atoms with Gasteiger partial charge in [0.25, 0.3) is 10.0 Å². The van der Waals surface area contributed by atoms with Crippen LogP contribution in [-0.4, -0.2) is 20.4 Å². The maximum Gasteiger partial charge on any atom is 0.264 e. The molecule has 1 aromatic heterocycles. The molecule has 0 aliphatic heterocycles. The average molecular weight is 515 g/mol. The van der Waals surface area contributed by atoms with Gasteiger partial charge in [-0.25, -0.2) is 13.4 Å². The monoisotopic (exact) mass is 514 g/mol. The van der Waals surface area contributed by atoms with Crippen LogP contribution in [0.1, 0.15) is 5.69 Å². The molecule has 158 valence electrons. The number of thiazole rings is 1. The van der Waals surface area contributed by atoms with E-state index >= 15 is 0 Å². The summed E-state index contributed by atoms with van der Waals surface area (Å²) < 4.78 is 33.6. The van der Waals surface area contributed by atoms with Crippen LogP contribution in [0.25, 0.3) is 10.6 Å². The highest BCUT2D eigenvalue weighted by molar-refractivity contribution is 9.10. The molecule has 0 spiro atoms. The molecule has 8 heteroatoms. The van der Waals surface area contributed by atoms with Gasteiger partial charge in [-0.05, 0) is 48.5 Å². The Kier molecular flexibility index (Phi) is 6.41. The molecule has 5 nitrogen and oxygen atoms in total. The summed E-state index contributed by atoms with van der Waals surface area (Å²) in [5, 5.41) is 2.93. The fourth-order valence-electron chi connectivity index (χ4n) is 2.90. The van der Waals surface area contributed by atoms with Crippen molar-refractivity contribution in [2.24, 2.45) is 0 Å². The molecule has 0 aliphatic rings. The number of nitrogens with zero attached hydrogens (tertiary/aromatic N) is 2. The minimum Gasteiger partial charge on any atom is -0.487 e. The van der Waals surface area contributed by atoms with Crippen molar-refractivity contribution in [1.82, 2.24) is 4.98 Å². The number of halogens is 1. The van der Waals surface area contributed by atoms with E-state index in [2.05, 4.69) is 20.9 Å². The molecule has 0 unspecified atom stereocenters. The number of hydrogen-bond acceptors (Lipinski definition) is 5. The van der Waals surface area contributed by atoms with Crippen LogP contribution in [0.4, 0.5) is 5.69 Å². The molecule has 0 amide bonds. The molecule has 0 fully saturated rings. The predicted molar refractivity (Wildman–Crippen MR) is 128 cm³/mol. The van der Waals surface area contributed by atoms with Crippen LogP contribution in [0.3, 0.4) is 0 Å². The minimum atomic E-state index is -3.64. The lowest BCUT2D eigenvalue weighted by Crippen LogP contribution is -2.26. The maximum absolute atomic E-state index is 12.8. The Hall–Kier alpha value is -2.68. The van der Waals surface area contributed by atoms with Crippen LogP contribution in [0.15, 0.2) is 93.6 Å². The summed E-state index contributed by atoms with van der Waals surface area (Å²) in [5.41, 5.74) is 2.48. The van der Waals surface area contributed by atoms with Gasteiger partial charge < -0.3 is 4.74 Å². The lowest BCUT2D eigenvalue weighted by Gasteiger charge is -2.20. The minimum absolute atomic E-state index is 0.233. The van der Waals surface area contributed by atoms with Crippen LogP contribution in [0.5, 0.6) is 5.75 Å². The molecule has 0 atom stereocenters. The van der Waals surface area contributed by atoms with E-state index in [1.54, 1.807) is 59.9 Å². The predicted octanol–water partition coefficient (Wildman–Crippen LogP) is 5.98.